The first kappa shape index (κ1) is 24.1. The molecule has 21 heavy (non-hydrogen) atoms. The van der Waals surface area contributed by atoms with Crippen molar-refractivity contribution in [1.82, 2.24) is 0 Å². The summed E-state index contributed by atoms with van der Waals surface area (Å²) in [4.78, 5) is 0. The van der Waals surface area contributed by atoms with E-state index in [1.54, 1.807) is 0 Å². The van der Waals surface area contributed by atoms with Crippen LogP contribution in [0.1, 0.15) is 0 Å². The van der Waals surface area contributed by atoms with E-state index >= 15 is 0 Å². The maximum Gasteiger partial charge on any atom is 1.00 e. The second-order valence-electron chi connectivity index (χ2n) is 3.67. The summed E-state index contributed by atoms with van der Waals surface area (Å²) in [6.45, 7) is 11.8. The minimum Gasteiger partial charge on any atom is -0.512 e. The van der Waals surface area contributed by atoms with Crippen LogP contribution in [-0.2, 0) is 28.4 Å². The maximum absolute atomic E-state index is 6.25. The van der Waals surface area contributed by atoms with E-state index in [0.29, 0.717) is 79.3 Å². The van der Waals surface area contributed by atoms with Crippen LogP contribution in [0.2, 0.25) is 0 Å². The van der Waals surface area contributed by atoms with Crippen molar-refractivity contribution in [1.29, 1.82) is 5.26 Å². The molecule has 1 fully saturated rings. The minimum atomic E-state index is 0. The van der Waals surface area contributed by atoms with Gasteiger partial charge in [-0.15, -0.1) is 0 Å². The molecule has 1 saturated heterocycles. The van der Waals surface area contributed by atoms with E-state index in [4.69, 9.17) is 40.3 Å². The quantitative estimate of drug-likeness (QED) is 0.351. The van der Waals surface area contributed by atoms with Crippen molar-refractivity contribution in [2.24, 2.45) is 0 Å². The van der Waals surface area contributed by atoms with Gasteiger partial charge in [0.1, 0.15) is 0 Å². The Labute approximate surface area is 169 Å². The van der Waals surface area contributed by atoms with Crippen LogP contribution in [0.3, 0.4) is 0 Å². The van der Waals surface area contributed by atoms with Gasteiger partial charge >= 0.3 is 51.4 Å². The SMILES string of the molecule is C1COCCOCCOCCOCCOCCO1.[C-]#N.[K+]. The molecule has 1 heterocycles. The van der Waals surface area contributed by atoms with Gasteiger partial charge in [0.25, 0.3) is 0 Å². The monoisotopic (exact) mass is 329 g/mol. The third-order valence-electron chi connectivity index (χ3n) is 2.23. The van der Waals surface area contributed by atoms with E-state index < -0.39 is 0 Å². The molecule has 1 rings (SSSR count). The average molecular weight is 329 g/mol. The number of rotatable bonds is 0. The average Bonchev–Trinajstić information content (AvgIpc) is 2.49. The fourth-order valence-corrected chi connectivity index (χ4v) is 1.32. The van der Waals surface area contributed by atoms with Crippen molar-refractivity contribution in [2.75, 3.05) is 79.3 Å². The molecule has 0 bridgehead atoms. The molecule has 0 aromatic heterocycles. The van der Waals surface area contributed by atoms with Gasteiger partial charge in [-0.2, -0.15) is 0 Å². The zero-order chi connectivity index (χ0) is 14.7. The van der Waals surface area contributed by atoms with Crippen LogP contribution in [0.5, 0.6) is 0 Å². The van der Waals surface area contributed by atoms with Crippen LogP contribution in [-0.4, -0.2) is 79.3 Å². The molecule has 1 aliphatic rings. The van der Waals surface area contributed by atoms with Crippen molar-refractivity contribution in [3.05, 3.63) is 6.57 Å². The first-order chi connectivity index (χ1) is 10.0. The Hall–Kier alpha value is 0.886. The Balaban J connectivity index is 0. The van der Waals surface area contributed by atoms with Crippen LogP contribution < -0.4 is 51.4 Å². The predicted molar refractivity (Wildman–Crippen MR) is 69.9 cm³/mol. The van der Waals surface area contributed by atoms with Gasteiger partial charge in [-0.3, -0.25) is 0 Å². The molecular weight excluding hydrogens is 305 g/mol. The zero-order valence-corrected chi connectivity index (χ0v) is 16.0. The van der Waals surface area contributed by atoms with Crippen LogP contribution in [0.15, 0.2) is 0 Å². The molecule has 0 amide bonds. The summed E-state index contributed by atoms with van der Waals surface area (Å²) in [6.07, 6.45) is 0. The number of nitrogens with zero attached hydrogens (tertiary/aromatic N) is 1. The van der Waals surface area contributed by atoms with E-state index in [1.807, 2.05) is 0 Å². The van der Waals surface area contributed by atoms with E-state index in [-0.39, 0.29) is 51.4 Å². The smallest absolute Gasteiger partial charge is 0.512 e. The fourth-order valence-electron chi connectivity index (χ4n) is 1.32. The topological polar surface area (TPSA) is 79.2 Å². The second kappa shape index (κ2) is 23.2. The summed E-state index contributed by atoms with van der Waals surface area (Å²) < 4.78 is 32.0. The molecule has 1 aliphatic heterocycles. The molecule has 0 radical (unpaired) electrons. The van der Waals surface area contributed by atoms with E-state index in [1.165, 1.54) is 0 Å². The fraction of sp³-hybridized carbons (Fsp3) is 0.923. The molecule has 0 N–H and O–H groups in total. The van der Waals surface area contributed by atoms with Crippen molar-refractivity contribution in [3.63, 3.8) is 0 Å². The molecule has 0 aromatic carbocycles. The molecule has 118 valence electrons. The van der Waals surface area contributed by atoms with Gasteiger partial charge in [0, 0.05) is 0 Å². The summed E-state index contributed by atoms with van der Waals surface area (Å²) in [7, 11) is 0. The van der Waals surface area contributed by atoms with Gasteiger partial charge in [-0.25, -0.2) is 0 Å². The van der Waals surface area contributed by atoms with Crippen LogP contribution in [0.25, 0.3) is 0 Å². The van der Waals surface area contributed by atoms with Gasteiger partial charge in [0.2, 0.25) is 0 Å². The van der Waals surface area contributed by atoms with Crippen molar-refractivity contribution < 1.29 is 79.8 Å². The first-order valence-corrected chi connectivity index (χ1v) is 6.69. The van der Waals surface area contributed by atoms with Gasteiger partial charge in [-0.05, 0) is 0 Å². The Bertz CT molecular complexity index is 133. The maximum atomic E-state index is 6.25. The summed E-state index contributed by atoms with van der Waals surface area (Å²) in [5.41, 5.74) is 0. The Kier molecular flexibility index (Phi) is 26.6. The number of hydrogen-bond donors (Lipinski definition) is 0. The van der Waals surface area contributed by atoms with E-state index in [0.717, 1.165) is 0 Å². The van der Waals surface area contributed by atoms with Gasteiger partial charge in [-0.1, -0.05) is 0 Å². The molecule has 7 nitrogen and oxygen atoms in total. The molecule has 0 unspecified atom stereocenters. The summed E-state index contributed by atoms with van der Waals surface area (Å²) in [5.74, 6) is 0. The largest absolute Gasteiger partial charge is 1.00 e. The van der Waals surface area contributed by atoms with Crippen molar-refractivity contribution in [2.45, 2.75) is 0 Å². The predicted octanol–water partition coefficient (Wildman–Crippen LogP) is -2.80. The Morgan fingerprint density at radius 2 is 0.476 bits per heavy atom. The molecule has 8 heteroatoms. The van der Waals surface area contributed by atoms with Crippen molar-refractivity contribution >= 4 is 0 Å². The molecular formula is C13H24KNO6. The standard InChI is InChI=1S/C12H24O6.CN.K/c1-2-14-5-6-16-9-10-18-12-11-17-8-7-15-4-3-13-1;1-2;/h1-12H2;;/q;-1;+1. The summed E-state index contributed by atoms with van der Waals surface area (Å²) in [6, 6.07) is 0. The second-order valence-corrected chi connectivity index (χ2v) is 3.67. The van der Waals surface area contributed by atoms with E-state index in [2.05, 4.69) is 0 Å². The zero-order valence-electron chi connectivity index (χ0n) is 12.9. The number of ether oxygens (including phenoxy) is 6. The summed E-state index contributed by atoms with van der Waals surface area (Å²) >= 11 is 0. The normalized spacial score (nSPS) is 20.7. The van der Waals surface area contributed by atoms with Crippen LogP contribution in [0, 0.1) is 11.8 Å². The molecule has 0 spiro atoms. The van der Waals surface area contributed by atoms with Gasteiger partial charge in [0.15, 0.2) is 0 Å². The minimum absolute atomic E-state index is 0. The molecule has 0 saturated carbocycles. The third-order valence-corrected chi connectivity index (χ3v) is 2.23. The first-order valence-electron chi connectivity index (χ1n) is 6.69. The molecule has 0 aliphatic carbocycles. The van der Waals surface area contributed by atoms with Gasteiger partial charge in [0.05, 0.1) is 79.3 Å². The Morgan fingerprint density at radius 1 is 0.381 bits per heavy atom. The van der Waals surface area contributed by atoms with Crippen LogP contribution in [0.4, 0.5) is 0 Å². The summed E-state index contributed by atoms with van der Waals surface area (Å²) in [5, 5.41) is 6.25. The number of hydrogen-bond acceptors (Lipinski definition) is 7. The van der Waals surface area contributed by atoms with Gasteiger partial charge < -0.3 is 40.3 Å². The molecule has 0 aromatic rings. The Morgan fingerprint density at radius 3 is 0.571 bits per heavy atom. The van der Waals surface area contributed by atoms with Crippen LogP contribution >= 0.6 is 0 Å². The van der Waals surface area contributed by atoms with Crippen molar-refractivity contribution in [3.8, 4) is 0 Å². The molecule has 0 atom stereocenters. The third kappa shape index (κ3) is 20.9. The van der Waals surface area contributed by atoms with E-state index in [9.17, 15) is 0 Å².